The zero-order chi connectivity index (χ0) is 23.2. The number of nitrogens with one attached hydrogen (secondary N) is 2. The first-order chi connectivity index (χ1) is 16.0. The Kier molecular flexibility index (Phi) is 6.94. The summed E-state index contributed by atoms with van der Waals surface area (Å²) in [4.78, 5) is 32.3. The van der Waals surface area contributed by atoms with Crippen LogP contribution < -0.4 is 21.1 Å². The number of piperidine rings is 1. The molecule has 0 radical (unpaired) electrons. The van der Waals surface area contributed by atoms with Gasteiger partial charge in [-0.1, -0.05) is 18.2 Å². The molecular formula is C23H28N8O2. The van der Waals surface area contributed by atoms with Crippen LogP contribution in [-0.4, -0.2) is 50.9 Å². The third kappa shape index (κ3) is 5.92. The zero-order valence-corrected chi connectivity index (χ0v) is 18.8. The molecule has 0 aliphatic carbocycles. The minimum absolute atomic E-state index is 0.0218. The normalized spacial score (nSPS) is 16.2. The van der Waals surface area contributed by atoms with Crippen LogP contribution in [0.5, 0.6) is 5.75 Å². The van der Waals surface area contributed by atoms with Crippen LogP contribution in [0.25, 0.3) is 0 Å². The summed E-state index contributed by atoms with van der Waals surface area (Å²) in [6.45, 7) is 3.83. The van der Waals surface area contributed by atoms with Gasteiger partial charge in [-0.25, -0.2) is 4.98 Å². The number of amides is 1. The summed E-state index contributed by atoms with van der Waals surface area (Å²) in [5, 5.41) is 6.08. The number of nitrogens with zero attached hydrogens (tertiary/aromatic N) is 5. The van der Waals surface area contributed by atoms with Gasteiger partial charge in [-0.2, -0.15) is 15.0 Å². The average Bonchev–Trinajstić information content (AvgIpc) is 2.79. The van der Waals surface area contributed by atoms with E-state index < -0.39 is 0 Å². The Labute approximate surface area is 192 Å². The van der Waals surface area contributed by atoms with Gasteiger partial charge in [0.05, 0.1) is 25.3 Å². The van der Waals surface area contributed by atoms with Gasteiger partial charge in [0, 0.05) is 12.2 Å². The summed E-state index contributed by atoms with van der Waals surface area (Å²) in [5.74, 6) is 2.12. The highest BCUT2D eigenvalue weighted by atomic mass is 16.5. The van der Waals surface area contributed by atoms with Gasteiger partial charge in [-0.3, -0.25) is 9.69 Å². The van der Waals surface area contributed by atoms with Crippen molar-refractivity contribution in [2.75, 3.05) is 36.6 Å². The molecule has 1 atom stereocenters. The second-order valence-electron chi connectivity index (χ2n) is 7.99. The molecule has 1 saturated heterocycles. The Balaban J connectivity index is 1.41. The highest BCUT2D eigenvalue weighted by molar-refractivity contribution is 5.91. The molecule has 3 aromatic rings. The molecule has 33 heavy (non-hydrogen) atoms. The molecule has 0 saturated carbocycles. The summed E-state index contributed by atoms with van der Waals surface area (Å²) >= 11 is 0. The first-order valence-electron chi connectivity index (χ1n) is 10.9. The Bertz CT molecular complexity index is 1120. The Morgan fingerprint density at radius 3 is 2.82 bits per heavy atom. The van der Waals surface area contributed by atoms with Crippen molar-refractivity contribution in [1.29, 1.82) is 0 Å². The SMILES string of the molecule is COc1ccccc1Nc1nc(N)nc(CN2CCCC(C(=O)Nc3cccc(C)n3)C2)n1. The number of methoxy groups -OCH3 is 1. The van der Waals surface area contributed by atoms with Gasteiger partial charge < -0.3 is 21.1 Å². The molecule has 10 heteroatoms. The summed E-state index contributed by atoms with van der Waals surface area (Å²) in [6, 6.07) is 13.1. The number of pyridine rings is 1. The van der Waals surface area contributed by atoms with Crippen LogP contribution in [0.15, 0.2) is 42.5 Å². The van der Waals surface area contributed by atoms with Gasteiger partial charge in [0.15, 0.2) is 0 Å². The molecule has 1 aromatic carbocycles. The molecule has 0 bridgehead atoms. The number of hydrogen-bond acceptors (Lipinski definition) is 9. The maximum atomic E-state index is 12.8. The molecule has 0 spiro atoms. The van der Waals surface area contributed by atoms with E-state index in [0.29, 0.717) is 36.4 Å². The van der Waals surface area contributed by atoms with E-state index in [9.17, 15) is 4.79 Å². The van der Waals surface area contributed by atoms with E-state index in [1.807, 2.05) is 43.3 Å². The Hall–Kier alpha value is -3.79. The second kappa shape index (κ2) is 10.2. The van der Waals surface area contributed by atoms with Crippen molar-refractivity contribution in [3.63, 3.8) is 0 Å². The van der Waals surface area contributed by atoms with Crippen molar-refractivity contribution in [2.24, 2.45) is 5.92 Å². The van der Waals surface area contributed by atoms with E-state index in [1.54, 1.807) is 13.2 Å². The van der Waals surface area contributed by atoms with Crippen LogP contribution in [0.4, 0.5) is 23.4 Å². The van der Waals surface area contributed by atoms with Crippen molar-refractivity contribution < 1.29 is 9.53 Å². The molecule has 4 N–H and O–H groups in total. The number of benzene rings is 1. The van der Waals surface area contributed by atoms with Gasteiger partial charge >= 0.3 is 0 Å². The molecule has 172 valence electrons. The topological polar surface area (TPSA) is 131 Å². The van der Waals surface area contributed by atoms with Crippen molar-refractivity contribution in [3.05, 3.63) is 54.0 Å². The number of nitrogens with two attached hydrogens (primary N) is 1. The van der Waals surface area contributed by atoms with Crippen LogP contribution in [0.2, 0.25) is 0 Å². The first-order valence-corrected chi connectivity index (χ1v) is 10.9. The fourth-order valence-corrected chi connectivity index (χ4v) is 3.89. The molecule has 1 amide bonds. The third-order valence-electron chi connectivity index (χ3n) is 5.43. The fraction of sp³-hybridized carbons (Fsp3) is 0.348. The molecule has 1 fully saturated rings. The number of anilines is 4. The molecule has 1 aliphatic heterocycles. The standard InChI is InChI=1S/C23H28N8O2/c1-15-7-5-11-19(25-15)27-21(32)16-8-6-12-31(13-16)14-20-28-22(24)30-23(29-20)26-17-9-3-4-10-18(17)33-2/h3-5,7,9-11,16H,6,8,12-14H2,1-2H3,(H,25,27,32)(H3,24,26,28,29,30). The minimum Gasteiger partial charge on any atom is -0.495 e. The minimum atomic E-state index is -0.133. The van der Waals surface area contributed by atoms with Crippen LogP contribution in [0.3, 0.4) is 0 Å². The highest BCUT2D eigenvalue weighted by Gasteiger charge is 2.27. The quantitative estimate of drug-likeness (QED) is 0.499. The second-order valence-corrected chi connectivity index (χ2v) is 7.99. The number of para-hydroxylation sites is 2. The summed E-state index contributed by atoms with van der Waals surface area (Å²) in [5.41, 5.74) is 7.54. The molecule has 4 rings (SSSR count). The zero-order valence-electron chi connectivity index (χ0n) is 18.8. The predicted octanol–water partition coefficient (Wildman–Crippen LogP) is 2.76. The average molecular weight is 449 g/mol. The van der Waals surface area contributed by atoms with Gasteiger partial charge in [0.2, 0.25) is 17.8 Å². The molecule has 1 unspecified atom stereocenters. The monoisotopic (exact) mass is 448 g/mol. The fourth-order valence-electron chi connectivity index (χ4n) is 3.89. The van der Waals surface area contributed by atoms with Crippen molar-refractivity contribution in [3.8, 4) is 5.75 Å². The lowest BCUT2D eigenvalue weighted by Gasteiger charge is -2.31. The van der Waals surface area contributed by atoms with Crippen LogP contribution in [0.1, 0.15) is 24.4 Å². The molecule has 10 nitrogen and oxygen atoms in total. The number of carbonyl (C=O) groups excluding carboxylic acids is 1. The molecule has 3 heterocycles. The summed E-state index contributed by atoms with van der Waals surface area (Å²) in [7, 11) is 1.60. The smallest absolute Gasteiger partial charge is 0.232 e. The lowest BCUT2D eigenvalue weighted by atomic mass is 9.97. The summed E-state index contributed by atoms with van der Waals surface area (Å²) < 4.78 is 5.37. The number of aromatic nitrogens is 4. The maximum Gasteiger partial charge on any atom is 0.232 e. The van der Waals surface area contributed by atoms with Gasteiger partial charge in [0.1, 0.15) is 17.4 Å². The predicted molar refractivity (Wildman–Crippen MR) is 126 cm³/mol. The lowest BCUT2D eigenvalue weighted by Crippen LogP contribution is -2.40. The van der Waals surface area contributed by atoms with E-state index in [4.69, 9.17) is 10.5 Å². The number of aryl methyl sites for hydroxylation is 1. The Morgan fingerprint density at radius 2 is 2.00 bits per heavy atom. The highest BCUT2D eigenvalue weighted by Crippen LogP contribution is 2.26. The largest absolute Gasteiger partial charge is 0.495 e. The van der Waals surface area contributed by atoms with Crippen LogP contribution in [-0.2, 0) is 11.3 Å². The van der Waals surface area contributed by atoms with Gasteiger partial charge in [-0.15, -0.1) is 0 Å². The van der Waals surface area contributed by atoms with E-state index in [0.717, 1.165) is 30.8 Å². The van der Waals surface area contributed by atoms with Crippen LogP contribution in [0, 0.1) is 12.8 Å². The number of nitrogen functional groups attached to an aromatic ring is 1. The van der Waals surface area contributed by atoms with Gasteiger partial charge in [-0.05, 0) is 50.6 Å². The lowest BCUT2D eigenvalue weighted by molar-refractivity contribution is -0.121. The molecule has 2 aromatic heterocycles. The molecule has 1 aliphatic rings. The number of ether oxygens (including phenoxy) is 1. The van der Waals surface area contributed by atoms with Crippen molar-refractivity contribution in [1.82, 2.24) is 24.8 Å². The maximum absolute atomic E-state index is 12.8. The number of carbonyl (C=O) groups is 1. The van der Waals surface area contributed by atoms with Crippen molar-refractivity contribution >= 4 is 29.3 Å². The number of likely N-dealkylation sites (tertiary alicyclic amines) is 1. The third-order valence-corrected chi connectivity index (χ3v) is 5.43. The van der Waals surface area contributed by atoms with Crippen LogP contribution >= 0.6 is 0 Å². The van der Waals surface area contributed by atoms with E-state index in [1.165, 1.54) is 0 Å². The summed E-state index contributed by atoms with van der Waals surface area (Å²) in [6.07, 6.45) is 1.74. The Morgan fingerprint density at radius 1 is 1.15 bits per heavy atom. The molecular weight excluding hydrogens is 420 g/mol. The number of hydrogen-bond donors (Lipinski definition) is 3. The van der Waals surface area contributed by atoms with E-state index >= 15 is 0 Å². The van der Waals surface area contributed by atoms with Crippen molar-refractivity contribution in [2.45, 2.75) is 26.3 Å². The number of rotatable bonds is 7. The van der Waals surface area contributed by atoms with E-state index in [2.05, 4.69) is 35.5 Å². The van der Waals surface area contributed by atoms with E-state index in [-0.39, 0.29) is 17.8 Å². The van der Waals surface area contributed by atoms with Gasteiger partial charge in [0.25, 0.3) is 0 Å². The first kappa shape index (κ1) is 22.4.